The van der Waals surface area contributed by atoms with E-state index in [1.807, 2.05) is 31.2 Å². The minimum Gasteiger partial charge on any atom is -0.324 e. The van der Waals surface area contributed by atoms with Gasteiger partial charge in [0.25, 0.3) is 0 Å². The van der Waals surface area contributed by atoms with E-state index >= 15 is 0 Å². The zero-order valence-corrected chi connectivity index (χ0v) is 15.3. The molecule has 0 spiro atoms. The summed E-state index contributed by atoms with van der Waals surface area (Å²) in [5.41, 5.74) is 1.31. The molecular formula is C20H21ClN2O2. The van der Waals surface area contributed by atoms with Crippen LogP contribution in [0.3, 0.4) is 0 Å². The van der Waals surface area contributed by atoms with Crippen molar-refractivity contribution in [2.45, 2.75) is 33.2 Å². The molecule has 1 aliphatic rings. The molecule has 2 aromatic rings. The maximum absolute atomic E-state index is 13.2. The highest BCUT2D eigenvalue weighted by Gasteiger charge is 2.43. The van der Waals surface area contributed by atoms with Crippen molar-refractivity contribution in [2.24, 2.45) is 5.41 Å². The first kappa shape index (κ1) is 17.5. The lowest BCUT2D eigenvalue weighted by atomic mass is 9.89. The van der Waals surface area contributed by atoms with Crippen molar-refractivity contribution in [1.82, 2.24) is 0 Å². The Morgan fingerprint density at radius 1 is 1.12 bits per heavy atom. The minimum absolute atomic E-state index is 0.0253. The number of nitrogens with one attached hydrogen (secondary N) is 1. The summed E-state index contributed by atoms with van der Waals surface area (Å²) >= 11 is 6.11. The number of halogens is 1. The Bertz CT molecular complexity index is 832. The van der Waals surface area contributed by atoms with E-state index in [4.69, 9.17) is 11.6 Å². The predicted octanol–water partition coefficient (Wildman–Crippen LogP) is 4.28. The van der Waals surface area contributed by atoms with Gasteiger partial charge in [-0.2, -0.15) is 0 Å². The standard InChI is InChI=1S/C20H21ClN2O2/c1-13-12-14-8-4-7-11-17(14)23(13)19(25)20(2,3)18(24)22-16-10-6-5-9-15(16)21/h4-11,13H,12H2,1-3H3,(H,22,24). The largest absolute Gasteiger partial charge is 0.324 e. The monoisotopic (exact) mass is 356 g/mol. The molecule has 3 rings (SSSR count). The van der Waals surface area contributed by atoms with Gasteiger partial charge in [0.1, 0.15) is 5.41 Å². The van der Waals surface area contributed by atoms with Gasteiger partial charge in [0.2, 0.25) is 11.8 Å². The second-order valence-corrected chi connectivity index (χ2v) is 7.32. The molecule has 130 valence electrons. The Morgan fingerprint density at radius 3 is 2.48 bits per heavy atom. The van der Waals surface area contributed by atoms with Crippen LogP contribution in [0.5, 0.6) is 0 Å². The van der Waals surface area contributed by atoms with E-state index in [-0.39, 0.29) is 17.9 Å². The van der Waals surface area contributed by atoms with Crippen molar-refractivity contribution in [3.8, 4) is 0 Å². The molecule has 1 atom stereocenters. The number of carbonyl (C=O) groups excluding carboxylic acids is 2. The Labute approximate surface area is 152 Å². The molecule has 25 heavy (non-hydrogen) atoms. The topological polar surface area (TPSA) is 49.4 Å². The van der Waals surface area contributed by atoms with Crippen LogP contribution in [0.25, 0.3) is 0 Å². The van der Waals surface area contributed by atoms with Crippen LogP contribution in [0.15, 0.2) is 48.5 Å². The Morgan fingerprint density at radius 2 is 1.76 bits per heavy atom. The van der Waals surface area contributed by atoms with Gasteiger partial charge in [0, 0.05) is 11.7 Å². The molecular weight excluding hydrogens is 336 g/mol. The zero-order valence-electron chi connectivity index (χ0n) is 14.5. The van der Waals surface area contributed by atoms with Crippen LogP contribution < -0.4 is 10.2 Å². The average molecular weight is 357 g/mol. The molecule has 1 N–H and O–H groups in total. The van der Waals surface area contributed by atoms with Crippen LogP contribution in [0.4, 0.5) is 11.4 Å². The maximum Gasteiger partial charge on any atom is 0.242 e. The number of hydrogen-bond donors (Lipinski definition) is 1. The molecule has 0 bridgehead atoms. The van der Waals surface area contributed by atoms with E-state index in [0.29, 0.717) is 10.7 Å². The number of carbonyl (C=O) groups is 2. The van der Waals surface area contributed by atoms with Gasteiger partial charge in [0.05, 0.1) is 10.7 Å². The van der Waals surface area contributed by atoms with Gasteiger partial charge in [-0.15, -0.1) is 0 Å². The average Bonchev–Trinajstić information content (AvgIpc) is 2.91. The summed E-state index contributed by atoms with van der Waals surface area (Å²) in [5.74, 6) is -0.586. The lowest BCUT2D eigenvalue weighted by Crippen LogP contribution is -2.49. The second kappa shape index (κ2) is 6.52. The van der Waals surface area contributed by atoms with E-state index in [1.54, 1.807) is 43.0 Å². The van der Waals surface area contributed by atoms with Gasteiger partial charge in [-0.25, -0.2) is 0 Å². The van der Waals surface area contributed by atoms with Crippen molar-refractivity contribution in [3.63, 3.8) is 0 Å². The molecule has 0 fully saturated rings. The first-order valence-corrected chi connectivity index (χ1v) is 8.67. The van der Waals surface area contributed by atoms with E-state index < -0.39 is 5.41 Å². The lowest BCUT2D eigenvalue weighted by molar-refractivity contribution is -0.136. The lowest BCUT2D eigenvalue weighted by Gasteiger charge is -2.31. The highest BCUT2D eigenvalue weighted by Crippen LogP contribution is 2.36. The molecule has 2 aromatic carbocycles. The van der Waals surface area contributed by atoms with Gasteiger partial charge in [-0.3, -0.25) is 9.59 Å². The highest BCUT2D eigenvalue weighted by molar-refractivity contribution is 6.34. The van der Waals surface area contributed by atoms with Crippen LogP contribution in [-0.2, 0) is 16.0 Å². The van der Waals surface area contributed by atoms with Crippen LogP contribution >= 0.6 is 11.6 Å². The third kappa shape index (κ3) is 3.14. The van der Waals surface area contributed by atoms with Crippen LogP contribution in [-0.4, -0.2) is 17.9 Å². The smallest absolute Gasteiger partial charge is 0.242 e. The van der Waals surface area contributed by atoms with E-state index in [9.17, 15) is 9.59 Å². The number of rotatable bonds is 3. The van der Waals surface area contributed by atoms with Crippen molar-refractivity contribution in [2.75, 3.05) is 10.2 Å². The molecule has 0 aromatic heterocycles. The Kier molecular flexibility index (Phi) is 4.56. The van der Waals surface area contributed by atoms with Gasteiger partial charge < -0.3 is 10.2 Å². The molecule has 1 heterocycles. The summed E-state index contributed by atoms with van der Waals surface area (Å²) in [5, 5.41) is 3.22. The molecule has 0 aliphatic carbocycles. The van der Waals surface area contributed by atoms with Crippen molar-refractivity contribution in [3.05, 3.63) is 59.1 Å². The summed E-state index contributed by atoms with van der Waals surface area (Å²) in [6, 6.07) is 14.8. The van der Waals surface area contributed by atoms with Gasteiger partial charge >= 0.3 is 0 Å². The second-order valence-electron chi connectivity index (χ2n) is 6.92. The molecule has 0 saturated carbocycles. The third-order valence-corrected chi connectivity index (χ3v) is 4.98. The predicted molar refractivity (Wildman–Crippen MR) is 101 cm³/mol. The molecule has 0 radical (unpaired) electrons. The first-order valence-electron chi connectivity index (χ1n) is 8.30. The quantitative estimate of drug-likeness (QED) is 0.834. The van der Waals surface area contributed by atoms with E-state index in [1.165, 1.54) is 0 Å². The number of nitrogens with zero attached hydrogens (tertiary/aromatic N) is 1. The Balaban J connectivity index is 1.85. The number of fused-ring (bicyclic) bond motifs is 1. The summed E-state index contributed by atoms with van der Waals surface area (Å²) in [4.78, 5) is 27.7. The Hall–Kier alpha value is -2.33. The molecule has 0 saturated heterocycles. The normalized spacial score (nSPS) is 16.5. The molecule has 4 nitrogen and oxygen atoms in total. The van der Waals surface area contributed by atoms with Gasteiger partial charge in [0.15, 0.2) is 0 Å². The number of para-hydroxylation sites is 2. The fourth-order valence-electron chi connectivity index (χ4n) is 3.11. The van der Waals surface area contributed by atoms with Crippen LogP contribution in [0.1, 0.15) is 26.3 Å². The first-order chi connectivity index (χ1) is 11.8. The summed E-state index contributed by atoms with van der Waals surface area (Å²) < 4.78 is 0. The number of anilines is 2. The molecule has 1 aliphatic heterocycles. The fourth-order valence-corrected chi connectivity index (χ4v) is 3.30. The summed E-state index contributed by atoms with van der Waals surface area (Å²) in [6.07, 6.45) is 0.796. The number of amides is 2. The third-order valence-electron chi connectivity index (χ3n) is 4.65. The minimum atomic E-state index is -1.22. The van der Waals surface area contributed by atoms with Crippen molar-refractivity contribution < 1.29 is 9.59 Å². The summed E-state index contributed by atoms with van der Waals surface area (Å²) in [7, 11) is 0. The van der Waals surface area contributed by atoms with Crippen molar-refractivity contribution >= 4 is 34.8 Å². The molecule has 1 unspecified atom stereocenters. The van der Waals surface area contributed by atoms with Crippen LogP contribution in [0.2, 0.25) is 5.02 Å². The van der Waals surface area contributed by atoms with E-state index in [2.05, 4.69) is 5.32 Å². The molecule has 2 amide bonds. The van der Waals surface area contributed by atoms with E-state index in [0.717, 1.165) is 17.7 Å². The van der Waals surface area contributed by atoms with Gasteiger partial charge in [-0.1, -0.05) is 41.9 Å². The number of benzene rings is 2. The number of hydrogen-bond acceptors (Lipinski definition) is 2. The SMILES string of the molecule is CC1Cc2ccccc2N1C(=O)C(C)(C)C(=O)Nc1ccccc1Cl. The maximum atomic E-state index is 13.2. The zero-order chi connectivity index (χ0) is 18.2. The fraction of sp³-hybridized carbons (Fsp3) is 0.300. The highest BCUT2D eigenvalue weighted by atomic mass is 35.5. The summed E-state index contributed by atoms with van der Waals surface area (Å²) in [6.45, 7) is 5.30. The molecule has 5 heteroatoms. The van der Waals surface area contributed by atoms with Crippen LogP contribution in [0, 0.1) is 5.41 Å². The van der Waals surface area contributed by atoms with Gasteiger partial charge in [-0.05, 0) is 51.0 Å². The van der Waals surface area contributed by atoms with Crippen molar-refractivity contribution in [1.29, 1.82) is 0 Å².